The first kappa shape index (κ1) is 9.23. The molecule has 12 heavy (non-hydrogen) atoms. The number of hydrogen-bond donors (Lipinski definition) is 0. The molecule has 0 radical (unpaired) electrons. The highest BCUT2D eigenvalue weighted by atomic mass is 15.3. The van der Waals surface area contributed by atoms with E-state index in [1.54, 1.807) is 6.33 Å². The van der Waals surface area contributed by atoms with E-state index in [0.717, 1.165) is 18.8 Å². The van der Waals surface area contributed by atoms with Crippen LogP contribution >= 0.6 is 0 Å². The summed E-state index contributed by atoms with van der Waals surface area (Å²) in [5, 5.41) is 7.98. The number of rotatable bonds is 2. The predicted molar refractivity (Wildman–Crippen MR) is 48.9 cm³/mol. The van der Waals surface area contributed by atoms with Crippen molar-refractivity contribution in [3.8, 4) is 0 Å². The molecule has 0 aliphatic rings. The second kappa shape index (κ2) is 3.25. The highest BCUT2D eigenvalue weighted by molar-refractivity contribution is 4.89. The fourth-order valence-corrected chi connectivity index (χ4v) is 1.15. The molecule has 1 aromatic rings. The largest absolute Gasteiger partial charge is 0.318 e. The lowest BCUT2D eigenvalue weighted by molar-refractivity contribution is 0.392. The van der Waals surface area contributed by atoms with E-state index in [0.29, 0.717) is 5.41 Å². The summed E-state index contributed by atoms with van der Waals surface area (Å²) in [4.78, 5) is 0. The molecule has 0 spiro atoms. The van der Waals surface area contributed by atoms with Crippen molar-refractivity contribution in [3.05, 3.63) is 12.2 Å². The van der Waals surface area contributed by atoms with Crippen molar-refractivity contribution in [3.63, 3.8) is 0 Å². The number of aromatic nitrogens is 3. The van der Waals surface area contributed by atoms with Gasteiger partial charge in [0.2, 0.25) is 0 Å². The van der Waals surface area contributed by atoms with Crippen LogP contribution in [0.4, 0.5) is 0 Å². The van der Waals surface area contributed by atoms with E-state index in [4.69, 9.17) is 0 Å². The third-order valence-corrected chi connectivity index (χ3v) is 1.72. The molecule has 3 heteroatoms. The van der Waals surface area contributed by atoms with Crippen LogP contribution in [-0.4, -0.2) is 14.8 Å². The Balaban J connectivity index is 2.75. The molecule has 0 atom stereocenters. The van der Waals surface area contributed by atoms with Gasteiger partial charge in [0.25, 0.3) is 0 Å². The summed E-state index contributed by atoms with van der Waals surface area (Å²) in [5.41, 5.74) is 0.292. The van der Waals surface area contributed by atoms with Crippen molar-refractivity contribution in [2.45, 2.75) is 40.7 Å². The molecule has 0 bridgehead atoms. The van der Waals surface area contributed by atoms with Gasteiger partial charge in [0.15, 0.2) is 0 Å². The Bertz CT molecular complexity index is 245. The van der Waals surface area contributed by atoms with Crippen LogP contribution in [0.3, 0.4) is 0 Å². The molecule has 0 aliphatic carbocycles. The summed E-state index contributed by atoms with van der Waals surface area (Å²) in [5.74, 6) is 1.09. The molecule has 0 saturated heterocycles. The smallest absolute Gasteiger partial charge is 0.133 e. The molecule has 68 valence electrons. The van der Waals surface area contributed by atoms with E-state index in [9.17, 15) is 0 Å². The molecule has 1 aromatic heterocycles. The maximum Gasteiger partial charge on any atom is 0.133 e. The second-order valence-corrected chi connectivity index (χ2v) is 4.27. The van der Waals surface area contributed by atoms with Gasteiger partial charge in [-0.25, -0.2) is 0 Å². The second-order valence-electron chi connectivity index (χ2n) is 4.27. The lowest BCUT2D eigenvalue weighted by atomic mass is 9.92. The summed E-state index contributed by atoms with van der Waals surface area (Å²) in [6.45, 7) is 9.69. The van der Waals surface area contributed by atoms with Crippen LogP contribution in [0.15, 0.2) is 6.33 Å². The molecular formula is C9H17N3. The summed E-state index contributed by atoms with van der Waals surface area (Å²) in [6.07, 6.45) is 2.78. The average molecular weight is 167 g/mol. The van der Waals surface area contributed by atoms with Crippen LogP contribution in [0.1, 0.15) is 33.5 Å². The Morgan fingerprint density at radius 2 is 2.08 bits per heavy atom. The van der Waals surface area contributed by atoms with E-state index < -0.39 is 0 Å². The Hall–Kier alpha value is -0.860. The van der Waals surface area contributed by atoms with Gasteiger partial charge >= 0.3 is 0 Å². The molecule has 0 aromatic carbocycles. The maximum atomic E-state index is 4.09. The fraction of sp³-hybridized carbons (Fsp3) is 0.778. The van der Waals surface area contributed by atoms with E-state index in [-0.39, 0.29) is 0 Å². The zero-order valence-corrected chi connectivity index (χ0v) is 8.33. The van der Waals surface area contributed by atoms with Crippen molar-refractivity contribution < 1.29 is 0 Å². The van der Waals surface area contributed by atoms with Gasteiger partial charge in [0.1, 0.15) is 12.2 Å². The fourth-order valence-electron chi connectivity index (χ4n) is 1.15. The quantitative estimate of drug-likeness (QED) is 0.673. The Labute approximate surface area is 73.8 Å². The molecule has 3 nitrogen and oxygen atoms in total. The first-order valence-corrected chi connectivity index (χ1v) is 4.39. The molecule has 0 aliphatic heterocycles. The Kier molecular flexibility index (Phi) is 2.50. The van der Waals surface area contributed by atoms with Gasteiger partial charge in [-0.05, 0) is 12.3 Å². The summed E-state index contributed by atoms with van der Waals surface area (Å²) >= 11 is 0. The summed E-state index contributed by atoms with van der Waals surface area (Å²) in [6, 6.07) is 0. The minimum Gasteiger partial charge on any atom is -0.318 e. The third-order valence-electron chi connectivity index (χ3n) is 1.72. The molecule has 1 heterocycles. The minimum absolute atomic E-state index is 0.292. The van der Waals surface area contributed by atoms with E-state index >= 15 is 0 Å². The van der Waals surface area contributed by atoms with Crippen LogP contribution in [-0.2, 0) is 13.0 Å². The monoisotopic (exact) mass is 167 g/mol. The van der Waals surface area contributed by atoms with Crippen LogP contribution in [0, 0.1) is 5.41 Å². The summed E-state index contributed by atoms with van der Waals surface area (Å²) in [7, 11) is 0. The van der Waals surface area contributed by atoms with Crippen molar-refractivity contribution in [2.75, 3.05) is 0 Å². The predicted octanol–water partition coefficient (Wildman–Crippen LogP) is 1.89. The Morgan fingerprint density at radius 1 is 1.42 bits per heavy atom. The highest BCUT2D eigenvalue weighted by Gasteiger charge is 2.14. The van der Waals surface area contributed by atoms with E-state index in [1.165, 1.54) is 0 Å². The number of aryl methyl sites for hydroxylation is 1. The van der Waals surface area contributed by atoms with E-state index in [2.05, 4.69) is 42.5 Å². The molecular weight excluding hydrogens is 150 g/mol. The highest BCUT2D eigenvalue weighted by Crippen LogP contribution is 2.18. The van der Waals surface area contributed by atoms with Crippen molar-refractivity contribution in [1.82, 2.24) is 14.8 Å². The standard InChI is InChI=1S/C9H17N3/c1-5-12-7-10-11-8(12)6-9(2,3)4/h7H,5-6H2,1-4H3. The van der Waals surface area contributed by atoms with Crippen LogP contribution in [0.2, 0.25) is 0 Å². The van der Waals surface area contributed by atoms with Crippen molar-refractivity contribution in [1.29, 1.82) is 0 Å². The van der Waals surface area contributed by atoms with E-state index in [1.807, 2.05) is 0 Å². The van der Waals surface area contributed by atoms with Gasteiger partial charge in [-0.1, -0.05) is 20.8 Å². The lowest BCUT2D eigenvalue weighted by Crippen LogP contribution is -2.13. The van der Waals surface area contributed by atoms with Gasteiger partial charge in [0.05, 0.1) is 0 Å². The van der Waals surface area contributed by atoms with Gasteiger partial charge in [-0.3, -0.25) is 0 Å². The normalized spacial score (nSPS) is 12.0. The zero-order valence-electron chi connectivity index (χ0n) is 8.33. The van der Waals surface area contributed by atoms with Gasteiger partial charge in [-0.2, -0.15) is 0 Å². The molecule has 0 saturated carbocycles. The first-order chi connectivity index (χ1) is 5.53. The van der Waals surface area contributed by atoms with Gasteiger partial charge in [-0.15, -0.1) is 10.2 Å². The molecule has 0 fully saturated rings. The minimum atomic E-state index is 0.292. The average Bonchev–Trinajstić information content (AvgIpc) is 2.31. The van der Waals surface area contributed by atoms with Crippen LogP contribution in [0.5, 0.6) is 0 Å². The van der Waals surface area contributed by atoms with Crippen molar-refractivity contribution in [2.24, 2.45) is 5.41 Å². The molecule has 0 N–H and O–H groups in total. The topological polar surface area (TPSA) is 30.7 Å². The lowest BCUT2D eigenvalue weighted by Gasteiger charge is -2.17. The molecule has 0 unspecified atom stereocenters. The van der Waals surface area contributed by atoms with Gasteiger partial charge in [0, 0.05) is 13.0 Å². The maximum absolute atomic E-state index is 4.09. The van der Waals surface area contributed by atoms with Crippen LogP contribution in [0.25, 0.3) is 0 Å². The Morgan fingerprint density at radius 3 is 2.58 bits per heavy atom. The van der Waals surface area contributed by atoms with Gasteiger partial charge < -0.3 is 4.57 Å². The molecule has 1 rings (SSSR count). The number of hydrogen-bond acceptors (Lipinski definition) is 2. The third kappa shape index (κ3) is 2.32. The van der Waals surface area contributed by atoms with Crippen LogP contribution < -0.4 is 0 Å². The van der Waals surface area contributed by atoms with Crippen molar-refractivity contribution >= 4 is 0 Å². The zero-order chi connectivity index (χ0) is 9.19. The first-order valence-electron chi connectivity index (χ1n) is 4.39. The number of nitrogens with zero attached hydrogens (tertiary/aromatic N) is 3. The molecule has 0 amide bonds. The summed E-state index contributed by atoms with van der Waals surface area (Å²) < 4.78 is 2.09. The SMILES string of the molecule is CCn1cnnc1CC(C)(C)C.